The molecule has 2 aromatic carbocycles. The molecule has 4 nitrogen and oxygen atoms in total. The second-order valence-electron chi connectivity index (χ2n) is 5.72. The lowest BCUT2D eigenvalue weighted by atomic mass is 10.1. The molecule has 0 fully saturated rings. The number of nitrogens with one attached hydrogen (secondary N) is 1. The van der Waals surface area contributed by atoms with Crippen LogP contribution in [0.25, 0.3) is 0 Å². The molecule has 0 aliphatic heterocycles. The zero-order valence-corrected chi connectivity index (χ0v) is 17.5. The minimum Gasteiger partial charge on any atom is -0.489 e. The Hall–Kier alpha value is -1.21. The van der Waals surface area contributed by atoms with E-state index in [0.717, 1.165) is 27.1 Å². The molecule has 0 aromatic heterocycles. The van der Waals surface area contributed by atoms with Gasteiger partial charge in [-0.3, -0.25) is 4.79 Å². The van der Waals surface area contributed by atoms with Crippen LogP contribution < -0.4 is 10.1 Å². The number of halogens is 2. The highest BCUT2D eigenvalue weighted by molar-refractivity contribution is 9.10. The van der Waals surface area contributed by atoms with Crippen molar-refractivity contribution >= 4 is 45.3 Å². The SMILES string of the molecule is CSCCC(NCc1cc(Br)ccc1OCc1cccc(Cl)c1)C(=O)O. The molecule has 2 aromatic rings. The van der Waals surface area contributed by atoms with E-state index in [1.807, 2.05) is 48.7 Å². The number of hydrogen-bond acceptors (Lipinski definition) is 4. The first-order chi connectivity index (χ1) is 12.5. The number of hydrogen-bond donors (Lipinski definition) is 2. The van der Waals surface area contributed by atoms with E-state index in [1.165, 1.54) is 0 Å². The molecular formula is C19H21BrClNO3S. The van der Waals surface area contributed by atoms with E-state index in [0.29, 0.717) is 24.6 Å². The molecule has 140 valence electrons. The Morgan fingerprint density at radius 1 is 1.35 bits per heavy atom. The lowest BCUT2D eigenvalue weighted by molar-refractivity contribution is -0.139. The van der Waals surface area contributed by atoms with Crippen LogP contribution >= 0.6 is 39.3 Å². The number of thioether (sulfide) groups is 1. The van der Waals surface area contributed by atoms with Crippen LogP contribution in [0.5, 0.6) is 5.75 Å². The molecule has 1 unspecified atom stereocenters. The van der Waals surface area contributed by atoms with Crippen LogP contribution in [-0.4, -0.2) is 29.1 Å². The topological polar surface area (TPSA) is 58.6 Å². The van der Waals surface area contributed by atoms with Crippen LogP contribution in [0.15, 0.2) is 46.9 Å². The molecule has 0 aliphatic rings. The molecule has 0 saturated heterocycles. The van der Waals surface area contributed by atoms with Crippen molar-refractivity contribution in [3.8, 4) is 5.75 Å². The fraction of sp³-hybridized carbons (Fsp3) is 0.316. The highest BCUT2D eigenvalue weighted by Crippen LogP contribution is 2.25. The molecule has 26 heavy (non-hydrogen) atoms. The summed E-state index contributed by atoms with van der Waals surface area (Å²) < 4.78 is 6.85. The van der Waals surface area contributed by atoms with Gasteiger partial charge in [-0.1, -0.05) is 39.7 Å². The van der Waals surface area contributed by atoms with Gasteiger partial charge in [0.05, 0.1) is 0 Å². The maximum Gasteiger partial charge on any atom is 0.320 e. The van der Waals surface area contributed by atoms with E-state index in [-0.39, 0.29) is 0 Å². The molecule has 2 N–H and O–H groups in total. The summed E-state index contributed by atoms with van der Waals surface area (Å²) in [6, 6.07) is 12.7. The van der Waals surface area contributed by atoms with Crippen molar-refractivity contribution in [3.63, 3.8) is 0 Å². The van der Waals surface area contributed by atoms with Crippen molar-refractivity contribution in [2.24, 2.45) is 0 Å². The summed E-state index contributed by atoms with van der Waals surface area (Å²) >= 11 is 11.1. The lowest BCUT2D eigenvalue weighted by Crippen LogP contribution is -2.36. The minimum atomic E-state index is -0.838. The standard InChI is InChI=1S/C19H21BrClNO3S/c1-26-8-7-17(19(23)24)22-11-14-10-15(20)5-6-18(14)25-12-13-3-2-4-16(21)9-13/h2-6,9-10,17,22H,7-8,11-12H2,1H3,(H,23,24). The zero-order valence-electron chi connectivity index (χ0n) is 14.4. The van der Waals surface area contributed by atoms with Gasteiger partial charge in [0, 0.05) is 21.6 Å². The van der Waals surface area contributed by atoms with E-state index in [2.05, 4.69) is 21.2 Å². The van der Waals surface area contributed by atoms with Crippen molar-refractivity contribution in [2.75, 3.05) is 12.0 Å². The molecule has 0 aliphatic carbocycles. The Kier molecular flexibility index (Phi) is 8.78. The van der Waals surface area contributed by atoms with Gasteiger partial charge in [-0.15, -0.1) is 0 Å². The molecule has 0 radical (unpaired) electrons. The maximum absolute atomic E-state index is 11.4. The number of aliphatic carboxylic acids is 1. The van der Waals surface area contributed by atoms with Crippen molar-refractivity contribution in [1.82, 2.24) is 5.32 Å². The van der Waals surface area contributed by atoms with Gasteiger partial charge in [0.2, 0.25) is 0 Å². The molecular weight excluding hydrogens is 438 g/mol. The molecule has 7 heteroatoms. The molecule has 0 amide bonds. The van der Waals surface area contributed by atoms with Gasteiger partial charge in [-0.2, -0.15) is 11.8 Å². The van der Waals surface area contributed by atoms with Gasteiger partial charge in [0.15, 0.2) is 0 Å². The average molecular weight is 459 g/mol. The summed E-state index contributed by atoms with van der Waals surface area (Å²) in [5, 5.41) is 13.1. The first-order valence-electron chi connectivity index (χ1n) is 8.10. The third-order valence-electron chi connectivity index (χ3n) is 3.75. The lowest BCUT2D eigenvalue weighted by Gasteiger charge is -2.17. The van der Waals surface area contributed by atoms with Crippen LogP contribution in [0, 0.1) is 0 Å². The van der Waals surface area contributed by atoms with Gasteiger partial charge >= 0.3 is 5.97 Å². The number of carbonyl (C=O) groups is 1. The van der Waals surface area contributed by atoms with Crippen molar-refractivity contribution < 1.29 is 14.6 Å². The summed E-state index contributed by atoms with van der Waals surface area (Å²) in [4.78, 5) is 11.4. The van der Waals surface area contributed by atoms with Gasteiger partial charge in [0.1, 0.15) is 18.4 Å². The van der Waals surface area contributed by atoms with Crippen LogP contribution in [0.1, 0.15) is 17.5 Å². The Morgan fingerprint density at radius 3 is 2.85 bits per heavy atom. The van der Waals surface area contributed by atoms with E-state index in [9.17, 15) is 9.90 Å². The normalized spacial score (nSPS) is 12.0. The average Bonchev–Trinajstić information content (AvgIpc) is 2.60. The summed E-state index contributed by atoms with van der Waals surface area (Å²) in [6.07, 6.45) is 2.54. The molecule has 0 heterocycles. The van der Waals surface area contributed by atoms with Crippen molar-refractivity contribution in [3.05, 3.63) is 63.1 Å². The number of carboxylic acids is 1. The smallest absolute Gasteiger partial charge is 0.320 e. The number of ether oxygens (including phenoxy) is 1. The Labute approximate surface area is 171 Å². The molecule has 2 rings (SSSR count). The third-order valence-corrected chi connectivity index (χ3v) is 5.13. The summed E-state index contributed by atoms with van der Waals surface area (Å²) in [5.74, 6) is 0.672. The number of benzene rings is 2. The summed E-state index contributed by atoms with van der Waals surface area (Å²) in [5.41, 5.74) is 1.87. The van der Waals surface area contributed by atoms with Crippen molar-refractivity contribution in [2.45, 2.75) is 25.6 Å². The van der Waals surface area contributed by atoms with Gasteiger partial charge in [0.25, 0.3) is 0 Å². The maximum atomic E-state index is 11.4. The Balaban J connectivity index is 2.05. The molecule has 0 spiro atoms. The molecule has 1 atom stereocenters. The van der Waals surface area contributed by atoms with Crippen LogP contribution in [-0.2, 0) is 17.9 Å². The summed E-state index contributed by atoms with van der Waals surface area (Å²) in [7, 11) is 0. The van der Waals surface area contributed by atoms with Crippen LogP contribution in [0.2, 0.25) is 5.02 Å². The second-order valence-corrected chi connectivity index (χ2v) is 8.06. The monoisotopic (exact) mass is 457 g/mol. The predicted octanol–water partition coefficient (Wildman–Crippen LogP) is 4.98. The van der Waals surface area contributed by atoms with Gasteiger partial charge < -0.3 is 15.2 Å². The molecule has 0 saturated carbocycles. The highest BCUT2D eigenvalue weighted by Gasteiger charge is 2.17. The Morgan fingerprint density at radius 2 is 2.15 bits per heavy atom. The fourth-order valence-corrected chi connectivity index (χ4v) is 3.49. The zero-order chi connectivity index (χ0) is 18.9. The first kappa shape index (κ1) is 21.1. The summed E-state index contributed by atoms with van der Waals surface area (Å²) in [6.45, 7) is 0.805. The van der Waals surface area contributed by atoms with Crippen LogP contribution in [0.3, 0.4) is 0 Å². The minimum absolute atomic E-state index is 0.393. The number of carboxylic acid groups (broad SMARTS) is 1. The van der Waals surface area contributed by atoms with Gasteiger partial charge in [-0.05, 0) is 54.3 Å². The van der Waals surface area contributed by atoms with E-state index < -0.39 is 12.0 Å². The van der Waals surface area contributed by atoms with Crippen LogP contribution in [0.4, 0.5) is 0 Å². The second kappa shape index (κ2) is 10.8. The van der Waals surface area contributed by atoms with Gasteiger partial charge in [-0.25, -0.2) is 0 Å². The van der Waals surface area contributed by atoms with E-state index in [4.69, 9.17) is 16.3 Å². The quantitative estimate of drug-likeness (QED) is 0.526. The number of rotatable bonds is 10. The third kappa shape index (κ3) is 6.83. The Bertz CT molecular complexity index is 744. The van der Waals surface area contributed by atoms with E-state index in [1.54, 1.807) is 11.8 Å². The van der Waals surface area contributed by atoms with Crippen molar-refractivity contribution in [1.29, 1.82) is 0 Å². The predicted molar refractivity (Wildman–Crippen MR) is 111 cm³/mol. The van der Waals surface area contributed by atoms with E-state index >= 15 is 0 Å². The fourth-order valence-electron chi connectivity index (χ4n) is 2.40. The largest absolute Gasteiger partial charge is 0.489 e. The highest BCUT2D eigenvalue weighted by atomic mass is 79.9. The molecule has 0 bridgehead atoms. The first-order valence-corrected chi connectivity index (χ1v) is 10.7.